The molecule has 20 heteroatoms. The van der Waals surface area contributed by atoms with E-state index in [0.29, 0.717) is 17.2 Å². The third-order valence-electron chi connectivity index (χ3n) is 7.11. The average Bonchev–Trinajstić information content (AvgIpc) is 3.19. The van der Waals surface area contributed by atoms with Gasteiger partial charge in [-0.25, -0.2) is 0 Å². The largest absolute Gasteiger partial charge is 0.540 e. The number of hydrazone groups is 3. The molecule has 3 atom stereocenters. The van der Waals surface area contributed by atoms with Gasteiger partial charge in [-0.2, -0.15) is 0 Å². The minimum atomic E-state index is -3.16. The van der Waals surface area contributed by atoms with Crippen LogP contribution in [-0.2, 0) is 55.2 Å². The number of nitrogens with zero attached hydrogens (tertiary/aromatic N) is 6. The molecule has 0 fully saturated rings. The molecular formula is C34H39N6O7P4S3+3. The van der Waals surface area contributed by atoms with Crippen LogP contribution < -0.4 is 18.3 Å². The number of methoxy groups -OCH3 is 1. The Balaban J connectivity index is 1.21. The molecule has 282 valence electrons. The van der Waals surface area contributed by atoms with Crippen LogP contribution in [0.1, 0.15) is 22.3 Å². The first-order valence-corrected chi connectivity index (χ1v) is 24.2. The first kappa shape index (κ1) is 42.9. The summed E-state index contributed by atoms with van der Waals surface area (Å²) < 4.78 is 50.1. The second-order valence-corrected chi connectivity index (χ2v) is 19.7. The highest BCUT2D eigenvalue weighted by molar-refractivity contribution is 8.02. The Labute approximate surface area is 333 Å². The lowest BCUT2D eigenvalue weighted by Gasteiger charge is -2.13. The maximum absolute atomic E-state index is 12.4. The van der Waals surface area contributed by atoms with Gasteiger partial charge in [-0.15, -0.1) is 15.3 Å². The molecule has 4 aromatic carbocycles. The van der Waals surface area contributed by atoms with E-state index in [9.17, 15) is 4.57 Å². The highest BCUT2D eigenvalue weighted by Gasteiger charge is 2.24. The predicted molar refractivity (Wildman–Crippen MR) is 228 cm³/mol. The molecule has 54 heavy (non-hydrogen) atoms. The maximum atomic E-state index is 12.4. The number of hydrogen-bond donors (Lipinski definition) is 0. The number of rotatable bonds is 20. The fourth-order valence-electron chi connectivity index (χ4n) is 4.03. The molecule has 0 radical (unpaired) electrons. The van der Waals surface area contributed by atoms with E-state index >= 15 is 0 Å². The van der Waals surface area contributed by atoms with Crippen LogP contribution in [0.15, 0.2) is 112 Å². The topological polar surface area (TPSA) is 119 Å². The molecule has 3 unspecified atom stereocenters. The Morgan fingerprint density at radius 2 is 0.833 bits per heavy atom. The summed E-state index contributed by atoms with van der Waals surface area (Å²) in [7, 11) is 2.12. The summed E-state index contributed by atoms with van der Waals surface area (Å²) in [5, 5.41) is 13.3. The summed E-state index contributed by atoms with van der Waals surface area (Å²) in [5.74, 6) is 2.59. The van der Waals surface area contributed by atoms with Crippen molar-refractivity contribution >= 4 is 82.9 Å². The van der Waals surface area contributed by atoms with E-state index in [2.05, 4.69) is 15.3 Å². The Bertz CT molecular complexity index is 2020. The van der Waals surface area contributed by atoms with Gasteiger partial charge >= 0.3 is 28.8 Å². The van der Waals surface area contributed by atoms with Gasteiger partial charge in [0.1, 0.15) is 5.75 Å². The van der Waals surface area contributed by atoms with Crippen molar-refractivity contribution < 1.29 is 31.9 Å². The molecule has 0 bridgehead atoms. The van der Waals surface area contributed by atoms with Crippen LogP contribution in [0, 0.1) is 0 Å². The van der Waals surface area contributed by atoms with Gasteiger partial charge in [0.05, 0.1) is 53.1 Å². The molecule has 0 aliphatic rings. The van der Waals surface area contributed by atoms with Gasteiger partial charge in [0.15, 0.2) is 17.2 Å². The third-order valence-corrected chi connectivity index (χ3v) is 14.6. The van der Waals surface area contributed by atoms with Gasteiger partial charge in [-0.1, -0.05) is 26.5 Å². The van der Waals surface area contributed by atoms with Gasteiger partial charge in [-0.05, 0) is 107 Å². The number of ether oxygens (including phenoxy) is 1. The predicted octanol–water partition coefficient (Wildman–Crippen LogP) is 9.04. The molecule has 0 heterocycles. The normalized spacial score (nSPS) is 12.4. The van der Waals surface area contributed by atoms with Gasteiger partial charge < -0.3 is 13.8 Å². The smallest absolute Gasteiger partial charge is 0.497 e. The highest BCUT2D eigenvalue weighted by Crippen LogP contribution is 2.49. The van der Waals surface area contributed by atoms with Crippen LogP contribution in [-0.4, -0.2) is 75.5 Å². The molecule has 0 aliphatic heterocycles. The van der Waals surface area contributed by atoms with Crippen molar-refractivity contribution in [3.8, 4) is 23.0 Å². The van der Waals surface area contributed by atoms with E-state index in [1.165, 1.54) is 14.2 Å². The molecule has 13 nitrogen and oxygen atoms in total. The second-order valence-electron chi connectivity index (χ2n) is 10.9. The van der Waals surface area contributed by atoms with Crippen LogP contribution in [0.2, 0.25) is 0 Å². The lowest BCUT2D eigenvalue weighted by atomic mass is 10.2. The minimum Gasteiger partial charge on any atom is -0.497 e. The van der Waals surface area contributed by atoms with Gasteiger partial charge in [0.2, 0.25) is 35.4 Å². The number of hydrogen-bond acceptors (Lipinski definition) is 13. The molecular weight excluding hydrogens is 825 g/mol. The van der Waals surface area contributed by atoms with E-state index in [4.69, 9.17) is 62.8 Å². The first-order valence-electron chi connectivity index (χ1n) is 15.8. The molecule has 0 spiro atoms. The average molecular weight is 864 g/mol. The Morgan fingerprint density at radius 1 is 0.537 bits per heavy atom. The molecule has 0 saturated carbocycles. The van der Waals surface area contributed by atoms with Crippen LogP contribution >= 0.6 is 28.8 Å². The Morgan fingerprint density at radius 3 is 1.13 bits per heavy atom. The summed E-state index contributed by atoms with van der Waals surface area (Å²) in [6.07, 6.45) is 5.26. The third kappa shape index (κ3) is 13.8. The Hall–Kier alpha value is -3.80. The molecule has 0 amide bonds. The van der Waals surface area contributed by atoms with E-state index in [1.807, 2.05) is 72.8 Å². The summed E-state index contributed by atoms with van der Waals surface area (Å²) in [6, 6.07) is 29.4. The van der Waals surface area contributed by atoms with Crippen molar-refractivity contribution in [2.75, 3.05) is 42.5 Å². The lowest BCUT2D eigenvalue weighted by Crippen LogP contribution is -2.04. The number of benzene rings is 4. The van der Waals surface area contributed by atoms with Crippen molar-refractivity contribution in [3.63, 3.8) is 0 Å². The van der Waals surface area contributed by atoms with Crippen molar-refractivity contribution in [2.24, 2.45) is 15.3 Å². The van der Waals surface area contributed by atoms with Crippen molar-refractivity contribution in [3.05, 3.63) is 119 Å². The molecule has 4 aromatic rings. The highest BCUT2D eigenvalue weighted by atomic mass is 32.4. The zero-order valence-electron chi connectivity index (χ0n) is 30.2. The summed E-state index contributed by atoms with van der Waals surface area (Å²) >= 11 is 16.6. The maximum Gasteiger partial charge on any atom is 0.540 e. The summed E-state index contributed by atoms with van der Waals surface area (Å²) in [6.45, 7) is 0. The van der Waals surface area contributed by atoms with E-state index in [1.54, 1.807) is 85.5 Å². The van der Waals surface area contributed by atoms with Crippen LogP contribution in [0.5, 0.6) is 23.0 Å². The fourth-order valence-corrected chi connectivity index (χ4v) is 7.92. The van der Waals surface area contributed by atoms with Crippen molar-refractivity contribution in [1.82, 2.24) is 14.3 Å². The van der Waals surface area contributed by atoms with Crippen molar-refractivity contribution in [2.45, 2.75) is 6.16 Å². The monoisotopic (exact) mass is 863 g/mol. The van der Waals surface area contributed by atoms with E-state index in [0.717, 1.165) is 28.0 Å². The first-order chi connectivity index (χ1) is 25.9. The molecule has 0 aliphatic carbocycles. The zero-order chi connectivity index (χ0) is 39.1. The Kier molecular flexibility index (Phi) is 17.0. The van der Waals surface area contributed by atoms with Crippen LogP contribution in [0.4, 0.5) is 0 Å². The van der Waals surface area contributed by atoms with Crippen LogP contribution in [0.25, 0.3) is 0 Å². The standard InChI is InChI=1S/C34H39N6O7P4S3/c1-38(35-23-27-7-15-31(42-4)16-8-27)48(52)45-32-17-9-28(10-18-32)24-36-39(2)49(53)46-33-19-11-29(12-20-33)25-37-40(3)50(54)47-34-21-13-30(14-22-34)26-51(41,43-5)44-6/h7-25H,26H2,1-6H3/q+3/b35-23+,36-24+,37-25+. The van der Waals surface area contributed by atoms with E-state index < -0.39 is 28.8 Å². The SMILES string of the molecule is COc1ccc(/C=N/N(C)[P+](=S)Oc2ccc(/C=N/N(C)[P+](=S)Oc3ccc(/C=N/N(C)[P+](=S)Oc4ccc(CP(=O)(OC)OC)cc4)cc3)cc2)cc1. The fraction of sp³-hybridized carbons (Fsp3) is 0.206. The molecule has 0 aromatic heterocycles. The van der Waals surface area contributed by atoms with Crippen molar-refractivity contribution in [1.29, 1.82) is 0 Å². The molecule has 0 N–H and O–H groups in total. The zero-order valence-corrected chi connectivity index (χ0v) is 36.3. The van der Waals surface area contributed by atoms with Gasteiger partial charge in [-0.3, -0.25) is 18.1 Å². The minimum absolute atomic E-state index is 0.156. The molecule has 0 saturated heterocycles. The van der Waals surface area contributed by atoms with Gasteiger partial charge in [0.25, 0.3) is 0 Å². The van der Waals surface area contributed by atoms with Crippen LogP contribution in [0.3, 0.4) is 0 Å². The molecule has 4 rings (SSSR count). The van der Waals surface area contributed by atoms with Gasteiger partial charge in [0, 0.05) is 14.2 Å². The van der Waals surface area contributed by atoms with E-state index in [-0.39, 0.29) is 6.16 Å². The summed E-state index contributed by atoms with van der Waals surface area (Å²) in [5.41, 5.74) is 3.40. The summed E-state index contributed by atoms with van der Waals surface area (Å²) in [4.78, 5) is 0. The lowest BCUT2D eigenvalue weighted by molar-refractivity contribution is 0.275. The second kappa shape index (κ2) is 21.3. The quantitative estimate of drug-likeness (QED) is 0.0478.